The summed E-state index contributed by atoms with van der Waals surface area (Å²) in [4.78, 5) is 13.4. The van der Waals surface area contributed by atoms with E-state index < -0.39 is 0 Å². The Morgan fingerprint density at radius 3 is 2.36 bits per heavy atom. The number of benzene rings is 2. The zero-order chi connectivity index (χ0) is 17.5. The van der Waals surface area contributed by atoms with E-state index in [9.17, 15) is 4.79 Å². The number of thiophene rings is 1. The standard InChI is InChI=1S/C20H19NO3S/c1-23-16-9-11-17(12-10-16)24-14-19(22)21-20(18-8-5-13-25-18)15-6-3-2-4-7-15/h2-13,20H,14H2,1H3,(H,21,22)/t20-/m0/s1. The van der Waals surface area contributed by atoms with Gasteiger partial charge < -0.3 is 14.8 Å². The quantitative estimate of drug-likeness (QED) is 0.697. The first kappa shape index (κ1) is 17.0. The van der Waals surface area contributed by atoms with E-state index >= 15 is 0 Å². The Balaban J connectivity index is 1.64. The summed E-state index contributed by atoms with van der Waals surface area (Å²) < 4.78 is 10.7. The average Bonchev–Trinajstić information content (AvgIpc) is 3.20. The van der Waals surface area contributed by atoms with Crippen LogP contribution in [0.5, 0.6) is 11.5 Å². The van der Waals surface area contributed by atoms with Crippen LogP contribution in [0.25, 0.3) is 0 Å². The number of amides is 1. The smallest absolute Gasteiger partial charge is 0.258 e. The van der Waals surface area contributed by atoms with Gasteiger partial charge in [0.25, 0.3) is 5.91 Å². The third kappa shape index (κ3) is 4.61. The molecule has 0 aliphatic carbocycles. The minimum atomic E-state index is -0.173. The summed E-state index contributed by atoms with van der Waals surface area (Å²) in [5, 5.41) is 5.06. The second-order valence-corrected chi connectivity index (χ2v) is 6.37. The van der Waals surface area contributed by atoms with Gasteiger partial charge in [0.2, 0.25) is 0 Å². The first-order valence-corrected chi connectivity index (χ1v) is 8.79. The first-order valence-electron chi connectivity index (χ1n) is 7.91. The monoisotopic (exact) mass is 353 g/mol. The number of carbonyl (C=O) groups is 1. The molecule has 0 fully saturated rings. The van der Waals surface area contributed by atoms with Crippen molar-refractivity contribution in [3.8, 4) is 11.5 Å². The molecule has 3 aromatic rings. The van der Waals surface area contributed by atoms with Crippen LogP contribution in [0.4, 0.5) is 0 Å². The van der Waals surface area contributed by atoms with Gasteiger partial charge in [-0.3, -0.25) is 4.79 Å². The molecule has 25 heavy (non-hydrogen) atoms. The maximum absolute atomic E-state index is 12.4. The fraction of sp³-hybridized carbons (Fsp3) is 0.150. The molecule has 0 saturated heterocycles. The molecule has 0 unspecified atom stereocenters. The van der Waals surface area contributed by atoms with Crippen molar-refractivity contribution in [3.05, 3.63) is 82.6 Å². The molecule has 0 spiro atoms. The van der Waals surface area contributed by atoms with Crippen molar-refractivity contribution in [2.75, 3.05) is 13.7 Å². The van der Waals surface area contributed by atoms with Crippen LogP contribution >= 0.6 is 11.3 Å². The lowest BCUT2D eigenvalue weighted by Gasteiger charge is -2.18. The van der Waals surface area contributed by atoms with E-state index in [2.05, 4.69) is 5.32 Å². The van der Waals surface area contributed by atoms with E-state index in [0.717, 1.165) is 16.2 Å². The molecule has 3 rings (SSSR count). The van der Waals surface area contributed by atoms with Crippen LogP contribution in [-0.4, -0.2) is 19.6 Å². The highest BCUT2D eigenvalue weighted by Gasteiger charge is 2.17. The van der Waals surface area contributed by atoms with E-state index in [4.69, 9.17) is 9.47 Å². The summed E-state index contributed by atoms with van der Waals surface area (Å²) >= 11 is 1.62. The number of carbonyl (C=O) groups excluding carboxylic acids is 1. The van der Waals surface area contributed by atoms with Gasteiger partial charge in [0, 0.05) is 4.88 Å². The highest BCUT2D eigenvalue weighted by Crippen LogP contribution is 2.26. The fourth-order valence-corrected chi connectivity index (χ4v) is 3.25. The lowest BCUT2D eigenvalue weighted by atomic mass is 10.1. The molecule has 1 heterocycles. The largest absolute Gasteiger partial charge is 0.497 e. The molecular formula is C20H19NO3S. The van der Waals surface area contributed by atoms with Crippen LogP contribution < -0.4 is 14.8 Å². The van der Waals surface area contributed by atoms with Gasteiger partial charge in [-0.2, -0.15) is 0 Å². The molecule has 128 valence electrons. The Labute approximate surface area is 151 Å². The van der Waals surface area contributed by atoms with Crippen molar-refractivity contribution >= 4 is 17.2 Å². The van der Waals surface area contributed by atoms with Gasteiger partial charge in [0.15, 0.2) is 6.61 Å². The van der Waals surface area contributed by atoms with Crippen LogP contribution in [0.15, 0.2) is 72.1 Å². The van der Waals surface area contributed by atoms with Crippen LogP contribution in [0.3, 0.4) is 0 Å². The van der Waals surface area contributed by atoms with E-state index in [-0.39, 0.29) is 18.6 Å². The molecule has 0 saturated carbocycles. The van der Waals surface area contributed by atoms with Crippen LogP contribution in [0, 0.1) is 0 Å². The molecule has 0 aliphatic heterocycles. The van der Waals surface area contributed by atoms with Crippen molar-refractivity contribution in [1.29, 1.82) is 0 Å². The van der Waals surface area contributed by atoms with Crippen LogP contribution in [-0.2, 0) is 4.79 Å². The Kier molecular flexibility index (Phi) is 5.69. The zero-order valence-corrected chi connectivity index (χ0v) is 14.7. The molecule has 1 atom stereocenters. The predicted molar refractivity (Wildman–Crippen MR) is 99.2 cm³/mol. The van der Waals surface area contributed by atoms with Crippen LogP contribution in [0.1, 0.15) is 16.5 Å². The summed E-state index contributed by atoms with van der Waals surface area (Å²) in [5.74, 6) is 1.21. The second kappa shape index (κ2) is 8.35. The highest BCUT2D eigenvalue weighted by molar-refractivity contribution is 7.10. The van der Waals surface area contributed by atoms with Crippen molar-refractivity contribution in [2.45, 2.75) is 6.04 Å². The van der Waals surface area contributed by atoms with Gasteiger partial charge in [0.1, 0.15) is 11.5 Å². The number of hydrogen-bond donors (Lipinski definition) is 1. The Hall–Kier alpha value is -2.79. The SMILES string of the molecule is COc1ccc(OCC(=O)N[C@@H](c2ccccc2)c2cccs2)cc1. The molecule has 0 radical (unpaired) electrons. The summed E-state index contributed by atoms with van der Waals surface area (Å²) in [6.07, 6.45) is 0. The van der Waals surface area contributed by atoms with Gasteiger partial charge in [-0.25, -0.2) is 0 Å². The van der Waals surface area contributed by atoms with Gasteiger partial charge in [0.05, 0.1) is 13.2 Å². The van der Waals surface area contributed by atoms with E-state index in [1.54, 1.807) is 42.7 Å². The lowest BCUT2D eigenvalue weighted by molar-refractivity contribution is -0.123. The van der Waals surface area contributed by atoms with Crippen molar-refractivity contribution in [2.24, 2.45) is 0 Å². The summed E-state index contributed by atoms with van der Waals surface area (Å²) in [6, 6.07) is 20.9. The Morgan fingerprint density at radius 1 is 1.00 bits per heavy atom. The average molecular weight is 353 g/mol. The maximum atomic E-state index is 12.4. The number of nitrogens with one attached hydrogen (secondary N) is 1. The lowest BCUT2D eigenvalue weighted by Crippen LogP contribution is -2.32. The van der Waals surface area contributed by atoms with Gasteiger partial charge >= 0.3 is 0 Å². The molecule has 5 heteroatoms. The fourth-order valence-electron chi connectivity index (χ4n) is 2.44. The van der Waals surface area contributed by atoms with Crippen molar-refractivity contribution < 1.29 is 14.3 Å². The number of ether oxygens (including phenoxy) is 2. The van der Waals surface area contributed by atoms with Gasteiger partial charge in [-0.1, -0.05) is 36.4 Å². The van der Waals surface area contributed by atoms with Crippen LogP contribution in [0.2, 0.25) is 0 Å². The van der Waals surface area contributed by atoms with Crippen molar-refractivity contribution in [3.63, 3.8) is 0 Å². The second-order valence-electron chi connectivity index (χ2n) is 5.39. The third-order valence-electron chi connectivity index (χ3n) is 3.70. The molecule has 0 bridgehead atoms. The topological polar surface area (TPSA) is 47.6 Å². The van der Waals surface area contributed by atoms with E-state index in [1.165, 1.54) is 0 Å². The minimum Gasteiger partial charge on any atom is -0.497 e. The third-order valence-corrected chi connectivity index (χ3v) is 4.63. The van der Waals surface area contributed by atoms with Crippen molar-refractivity contribution in [1.82, 2.24) is 5.32 Å². The molecule has 0 aliphatic rings. The zero-order valence-electron chi connectivity index (χ0n) is 13.8. The molecule has 4 nitrogen and oxygen atoms in total. The Bertz CT molecular complexity index is 786. The number of rotatable bonds is 7. The minimum absolute atomic E-state index is 0.0406. The summed E-state index contributed by atoms with van der Waals surface area (Å²) in [6.45, 7) is -0.0406. The molecule has 2 aromatic carbocycles. The number of hydrogen-bond acceptors (Lipinski definition) is 4. The van der Waals surface area contributed by atoms with Gasteiger partial charge in [-0.05, 0) is 41.3 Å². The first-order chi connectivity index (χ1) is 12.3. The summed E-state index contributed by atoms with van der Waals surface area (Å²) in [5.41, 5.74) is 1.04. The molecule has 1 aromatic heterocycles. The van der Waals surface area contributed by atoms with E-state index in [0.29, 0.717) is 5.75 Å². The Morgan fingerprint density at radius 2 is 1.72 bits per heavy atom. The van der Waals surface area contributed by atoms with Gasteiger partial charge in [-0.15, -0.1) is 11.3 Å². The number of methoxy groups -OCH3 is 1. The van der Waals surface area contributed by atoms with E-state index in [1.807, 2.05) is 47.8 Å². The maximum Gasteiger partial charge on any atom is 0.258 e. The molecule has 1 amide bonds. The predicted octanol–water partition coefficient (Wildman–Crippen LogP) is 4.04. The normalized spacial score (nSPS) is 11.6. The highest BCUT2D eigenvalue weighted by atomic mass is 32.1. The molecular weight excluding hydrogens is 334 g/mol. The summed E-state index contributed by atoms with van der Waals surface area (Å²) in [7, 11) is 1.61. The molecule has 1 N–H and O–H groups in total.